The molecule has 0 radical (unpaired) electrons. The zero-order valence-corrected chi connectivity index (χ0v) is 21.1. The Morgan fingerprint density at radius 1 is 1.03 bits per heavy atom. The normalized spacial score (nSPS) is 13.6. The molecule has 2 heterocycles. The zero-order valence-electron chi connectivity index (χ0n) is 20.2. The Balaban J connectivity index is 1.55. The summed E-state index contributed by atoms with van der Waals surface area (Å²) in [5, 5.41) is 9.12. The third-order valence-electron chi connectivity index (χ3n) is 6.51. The van der Waals surface area contributed by atoms with Crippen molar-refractivity contribution in [2.24, 2.45) is 5.14 Å². The Kier molecular flexibility index (Phi) is 6.36. The van der Waals surface area contributed by atoms with Crippen molar-refractivity contribution in [2.45, 2.75) is 30.8 Å². The fourth-order valence-corrected chi connectivity index (χ4v) is 5.41. The molecular formula is C27H23F3N4O3S. The largest absolute Gasteiger partial charge is 0.435 e. The minimum absolute atomic E-state index is 0.0243. The molecule has 0 bridgehead atoms. The first kappa shape index (κ1) is 25.7. The minimum atomic E-state index is -4.73. The van der Waals surface area contributed by atoms with Crippen LogP contribution in [0.15, 0.2) is 77.7 Å². The van der Waals surface area contributed by atoms with Gasteiger partial charge in [0.05, 0.1) is 10.6 Å². The van der Waals surface area contributed by atoms with Crippen molar-refractivity contribution in [2.75, 3.05) is 11.4 Å². The maximum Gasteiger partial charge on any atom is 0.435 e. The van der Waals surface area contributed by atoms with Crippen LogP contribution in [0, 0.1) is 0 Å². The molecule has 196 valence electrons. The number of fused-ring (bicyclic) bond motifs is 1. The molecular weight excluding hydrogens is 517 g/mol. The third kappa shape index (κ3) is 4.70. The van der Waals surface area contributed by atoms with Gasteiger partial charge in [-0.3, -0.25) is 4.79 Å². The van der Waals surface area contributed by atoms with Gasteiger partial charge in [0.15, 0.2) is 5.69 Å². The fourth-order valence-electron chi connectivity index (χ4n) is 4.65. The second-order valence-corrected chi connectivity index (χ2v) is 10.5. The Morgan fingerprint density at radius 2 is 1.79 bits per heavy atom. The second-order valence-electron chi connectivity index (χ2n) is 8.94. The van der Waals surface area contributed by atoms with E-state index in [0.29, 0.717) is 35.3 Å². The van der Waals surface area contributed by atoms with Gasteiger partial charge in [0.1, 0.15) is 5.69 Å². The predicted octanol–water partition coefficient (Wildman–Crippen LogP) is 4.97. The number of hydrogen-bond acceptors (Lipinski definition) is 4. The number of aryl methyl sites for hydroxylation is 1. The SMILES string of the molecule is CCc1cccc(-n2nc(C(F)(F)F)cc2C(=O)N2CCc3cc(-c4ccccc4S(N)(=O)=O)ccc32)c1. The Morgan fingerprint density at radius 3 is 2.50 bits per heavy atom. The van der Waals surface area contributed by atoms with Crippen LogP contribution in [0.2, 0.25) is 0 Å². The van der Waals surface area contributed by atoms with Crippen LogP contribution in [0.1, 0.15) is 34.2 Å². The number of alkyl halides is 3. The van der Waals surface area contributed by atoms with E-state index in [0.717, 1.165) is 21.9 Å². The number of hydrogen-bond donors (Lipinski definition) is 1. The standard InChI is InChI=1S/C27H23F3N4O3S/c1-2-17-6-5-7-20(14-17)34-23(16-25(32-34)27(28,29)30)26(35)33-13-12-19-15-18(10-11-22(19)33)21-8-3-4-9-24(21)38(31,36)37/h3-11,14-16H,2,12-13H2,1H3,(H2,31,36,37). The molecule has 0 saturated heterocycles. The number of primary sulfonamides is 1. The van der Waals surface area contributed by atoms with Gasteiger partial charge >= 0.3 is 6.18 Å². The molecule has 5 rings (SSSR count). The number of nitrogens with two attached hydrogens (primary N) is 1. The number of benzene rings is 3. The minimum Gasteiger partial charge on any atom is -0.306 e. The van der Waals surface area contributed by atoms with Crippen molar-refractivity contribution in [1.82, 2.24) is 9.78 Å². The van der Waals surface area contributed by atoms with E-state index >= 15 is 0 Å². The number of carbonyl (C=O) groups excluding carboxylic acids is 1. The zero-order chi connectivity index (χ0) is 27.2. The van der Waals surface area contributed by atoms with Gasteiger partial charge in [-0.15, -0.1) is 0 Å². The molecule has 0 spiro atoms. The molecule has 4 aromatic rings. The number of amides is 1. The molecule has 0 aliphatic carbocycles. The monoisotopic (exact) mass is 540 g/mol. The van der Waals surface area contributed by atoms with Gasteiger partial charge in [-0.2, -0.15) is 18.3 Å². The molecule has 0 fully saturated rings. The lowest BCUT2D eigenvalue weighted by Gasteiger charge is -2.19. The average Bonchev–Trinajstić information content (AvgIpc) is 3.53. The van der Waals surface area contributed by atoms with Gasteiger partial charge < -0.3 is 4.90 Å². The average molecular weight is 541 g/mol. The van der Waals surface area contributed by atoms with Crippen molar-refractivity contribution in [3.63, 3.8) is 0 Å². The molecule has 2 N–H and O–H groups in total. The molecule has 1 amide bonds. The van der Waals surface area contributed by atoms with E-state index < -0.39 is 27.8 Å². The maximum atomic E-state index is 13.6. The molecule has 7 nitrogen and oxygen atoms in total. The van der Waals surface area contributed by atoms with Crippen LogP contribution in [0.4, 0.5) is 18.9 Å². The second kappa shape index (κ2) is 9.41. The summed E-state index contributed by atoms with van der Waals surface area (Å²) in [6, 6.07) is 19.1. The van der Waals surface area contributed by atoms with Crippen LogP contribution in [0.5, 0.6) is 0 Å². The first-order valence-electron chi connectivity index (χ1n) is 11.8. The van der Waals surface area contributed by atoms with E-state index in [9.17, 15) is 26.4 Å². The molecule has 0 atom stereocenters. The highest BCUT2D eigenvalue weighted by Crippen LogP contribution is 2.36. The molecule has 1 aromatic heterocycles. The summed E-state index contributed by atoms with van der Waals surface area (Å²) in [5.74, 6) is -0.619. The lowest BCUT2D eigenvalue weighted by Crippen LogP contribution is -2.30. The first-order chi connectivity index (χ1) is 18.0. The summed E-state index contributed by atoms with van der Waals surface area (Å²) in [4.78, 5) is 15.0. The van der Waals surface area contributed by atoms with Crippen molar-refractivity contribution in [3.05, 3.63) is 95.3 Å². The van der Waals surface area contributed by atoms with Crippen molar-refractivity contribution < 1.29 is 26.4 Å². The summed E-state index contributed by atoms with van der Waals surface area (Å²) in [7, 11) is -3.97. The van der Waals surface area contributed by atoms with Crippen molar-refractivity contribution >= 4 is 21.6 Å². The number of rotatable bonds is 5. The van der Waals surface area contributed by atoms with Gasteiger partial charge in [-0.05, 0) is 59.9 Å². The summed E-state index contributed by atoms with van der Waals surface area (Å²) in [6.45, 7) is 2.17. The first-order valence-corrected chi connectivity index (χ1v) is 13.4. The highest BCUT2D eigenvalue weighted by molar-refractivity contribution is 7.89. The molecule has 0 unspecified atom stereocenters. The summed E-state index contributed by atoms with van der Waals surface area (Å²) < 4.78 is 65.9. The van der Waals surface area contributed by atoms with Crippen LogP contribution in [0.3, 0.4) is 0 Å². The number of halogens is 3. The van der Waals surface area contributed by atoms with E-state index in [4.69, 9.17) is 5.14 Å². The van der Waals surface area contributed by atoms with Crippen molar-refractivity contribution in [3.8, 4) is 16.8 Å². The van der Waals surface area contributed by atoms with Crippen molar-refractivity contribution in [1.29, 1.82) is 0 Å². The van der Waals surface area contributed by atoms with Gasteiger partial charge in [0.2, 0.25) is 10.0 Å². The summed E-state index contributed by atoms with van der Waals surface area (Å²) >= 11 is 0. The molecule has 11 heteroatoms. The summed E-state index contributed by atoms with van der Waals surface area (Å²) in [5.41, 5.74) is 2.21. The van der Waals surface area contributed by atoms with E-state index in [1.165, 1.54) is 11.0 Å². The predicted molar refractivity (Wildman–Crippen MR) is 137 cm³/mol. The van der Waals surface area contributed by atoms with Crippen LogP contribution in [0.25, 0.3) is 16.8 Å². The highest BCUT2D eigenvalue weighted by Gasteiger charge is 2.38. The van der Waals surface area contributed by atoms with Crippen LogP contribution < -0.4 is 10.0 Å². The highest BCUT2D eigenvalue weighted by atomic mass is 32.2. The Bertz CT molecular complexity index is 1660. The van der Waals surface area contributed by atoms with E-state index in [1.54, 1.807) is 54.6 Å². The number of anilines is 1. The van der Waals surface area contributed by atoms with Crippen LogP contribution in [-0.2, 0) is 29.0 Å². The number of sulfonamides is 1. The molecule has 1 aliphatic rings. The molecule has 3 aromatic carbocycles. The Hall–Kier alpha value is -3.96. The van der Waals surface area contributed by atoms with Gasteiger partial charge in [-0.25, -0.2) is 18.2 Å². The topological polar surface area (TPSA) is 98.3 Å². The number of aromatic nitrogens is 2. The Labute approximate surface area is 217 Å². The summed E-state index contributed by atoms with van der Waals surface area (Å²) in [6.07, 6.45) is -3.61. The number of carbonyl (C=O) groups is 1. The van der Waals surface area contributed by atoms with E-state index in [1.807, 2.05) is 13.0 Å². The van der Waals surface area contributed by atoms with E-state index in [-0.39, 0.29) is 17.1 Å². The van der Waals surface area contributed by atoms with Crippen LogP contribution in [-0.4, -0.2) is 30.7 Å². The quantitative estimate of drug-likeness (QED) is 0.386. The van der Waals surface area contributed by atoms with Gasteiger partial charge in [0, 0.05) is 23.9 Å². The lowest BCUT2D eigenvalue weighted by molar-refractivity contribution is -0.141. The molecule has 1 aliphatic heterocycles. The fraction of sp³-hybridized carbons (Fsp3) is 0.185. The molecule has 0 saturated carbocycles. The maximum absolute atomic E-state index is 13.6. The number of nitrogens with zero attached hydrogens (tertiary/aromatic N) is 3. The van der Waals surface area contributed by atoms with Gasteiger partial charge in [0.25, 0.3) is 5.91 Å². The lowest BCUT2D eigenvalue weighted by atomic mass is 10.0. The molecule has 38 heavy (non-hydrogen) atoms. The van der Waals surface area contributed by atoms with E-state index in [2.05, 4.69) is 5.10 Å². The smallest absolute Gasteiger partial charge is 0.306 e. The van der Waals surface area contributed by atoms with Crippen LogP contribution >= 0.6 is 0 Å². The third-order valence-corrected chi connectivity index (χ3v) is 7.48. The van der Waals surface area contributed by atoms with Gasteiger partial charge in [-0.1, -0.05) is 43.3 Å².